The molecule has 1 amide bonds. The van der Waals surface area contributed by atoms with E-state index in [1.54, 1.807) is 4.40 Å². The zero-order chi connectivity index (χ0) is 15.1. The van der Waals surface area contributed by atoms with Gasteiger partial charge in [-0.2, -0.15) is 0 Å². The maximum Gasteiger partial charge on any atom is 0.271 e. The Morgan fingerprint density at radius 1 is 1.36 bits per heavy atom. The van der Waals surface area contributed by atoms with Gasteiger partial charge in [0.15, 0.2) is 4.96 Å². The molecule has 0 spiro atoms. The molecule has 10 heteroatoms. The highest BCUT2D eigenvalue weighted by atomic mass is 32.1. The van der Waals surface area contributed by atoms with E-state index in [1.165, 1.54) is 22.4 Å². The molecule has 0 unspecified atom stereocenters. The number of anilines is 1. The van der Waals surface area contributed by atoms with E-state index in [4.69, 9.17) is 0 Å². The van der Waals surface area contributed by atoms with Crippen LogP contribution in [0.15, 0.2) is 11.0 Å². The van der Waals surface area contributed by atoms with Crippen LogP contribution in [0.1, 0.15) is 33.8 Å². The summed E-state index contributed by atoms with van der Waals surface area (Å²) in [6.07, 6.45) is 5.28. The highest BCUT2D eigenvalue weighted by molar-refractivity contribution is 7.17. The fourth-order valence-corrected chi connectivity index (χ4v) is 3.78. The number of aromatic nitrogens is 6. The molecule has 0 saturated carbocycles. The quantitative estimate of drug-likeness (QED) is 0.706. The molecule has 0 saturated heterocycles. The molecule has 9 nitrogen and oxygen atoms in total. The van der Waals surface area contributed by atoms with Crippen LogP contribution in [0.25, 0.3) is 4.96 Å². The lowest BCUT2D eigenvalue weighted by atomic mass is 10.0. The van der Waals surface area contributed by atoms with Crippen LogP contribution in [-0.2, 0) is 12.8 Å². The van der Waals surface area contributed by atoms with E-state index in [1.807, 2.05) is 0 Å². The number of fused-ring (bicyclic) bond motifs is 3. The molecule has 0 aromatic carbocycles. The van der Waals surface area contributed by atoms with Crippen molar-refractivity contribution >= 4 is 28.2 Å². The van der Waals surface area contributed by atoms with Crippen molar-refractivity contribution in [1.82, 2.24) is 30.0 Å². The number of tetrazole rings is 1. The van der Waals surface area contributed by atoms with Gasteiger partial charge in [0.25, 0.3) is 11.5 Å². The van der Waals surface area contributed by atoms with Crippen LogP contribution in [0.5, 0.6) is 0 Å². The van der Waals surface area contributed by atoms with Crippen LogP contribution in [0.3, 0.4) is 0 Å². The first-order valence-corrected chi connectivity index (χ1v) is 7.63. The van der Waals surface area contributed by atoms with Crippen molar-refractivity contribution in [1.29, 1.82) is 0 Å². The number of hydrogen-bond acceptors (Lipinski definition) is 7. The average molecular weight is 317 g/mol. The third-order valence-electron chi connectivity index (χ3n) is 3.62. The number of nitrogens with zero attached hydrogens (tertiary/aromatic N) is 5. The van der Waals surface area contributed by atoms with Gasteiger partial charge in [-0.05, 0) is 36.1 Å². The smallest absolute Gasteiger partial charge is 0.271 e. The van der Waals surface area contributed by atoms with E-state index in [0.717, 1.165) is 31.4 Å². The van der Waals surface area contributed by atoms with Gasteiger partial charge < -0.3 is 0 Å². The molecule has 22 heavy (non-hydrogen) atoms. The lowest BCUT2D eigenvalue weighted by Gasteiger charge is -2.10. The molecule has 2 N–H and O–H groups in total. The van der Waals surface area contributed by atoms with Gasteiger partial charge >= 0.3 is 0 Å². The Morgan fingerprint density at radius 2 is 2.23 bits per heavy atom. The first kappa shape index (κ1) is 13.1. The first-order chi connectivity index (χ1) is 10.7. The lowest BCUT2D eigenvalue weighted by molar-refractivity contribution is 0.102. The molecule has 0 bridgehead atoms. The summed E-state index contributed by atoms with van der Waals surface area (Å²) in [4.78, 5) is 30.9. The molecule has 0 radical (unpaired) electrons. The van der Waals surface area contributed by atoms with Crippen LogP contribution in [0.2, 0.25) is 0 Å². The third-order valence-corrected chi connectivity index (χ3v) is 4.78. The van der Waals surface area contributed by atoms with Crippen molar-refractivity contribution in [3.63, 3.8) is 0 Å². The van der Waals surface area contributed by atoms with E-state index in [2.05, 4.69) is 30.9 Å². The maximum atomic E-state index is 12.6. The zero-order valence-corrected chi connectivity index (χ0v) is 12.2. The minimum atomic E-state index is -0.582. The van der Waals surface area contributed by atoms with E-state index in [-0.39, 0.29) is 17.1 Å². The Balaban J connectivity index is 1.80. The van der Waals surface area contributed by atoms with Crippen LogP contribution in [-0.4, -0.2) is 35.9 Å². The van der Waals surface area contributed by atoms with E-state index < -0.39 is 5.91 Å². The molecule has 4 rings (SSSR count). The fourth-order valence-electron chi connectivity index (χ4n) is 2.61. The molecule has 112 valence electrons. The van der Waals surface area contributed by atoms with Gasteiger partial charge in [-0.15, -0.1) is 11.3 Å². The Kier molecular flexibility index (Phi) is 2.96. The van der Waals surface area contributed by atoms with Crippen molar-refractivity contribution < 1.29 is 4.79 Å². The van der Waals surface area contributed by atoms with E-state index in [9.17, 15) is 9.59 Å². The average Bonchev–Trinajstić information content (AvgIpc) is 3.14. The molecule has 1 aliphatic rings. The van der Waals surface area contributed by atoms with Gasteiger partial charge in [-0.25, -0.2) is 10.1 Å². The summed E-state index contributed by atoms with van der Waals surface area (Å²) in [7, 11) is 0. The van der Waals surface area contributed by atoms with Crippen molar-refractivity contribution in [2.45, 2.75) is 25.7 Å². The number of carbonyl (C=O) groups is 1. The summed E-state index contributed by atoms with van der Waals surface area (Å²) in [5.74, 6) is -0.497. The van der Waals surface area contributed by atoms with Gasteiger partial charge in [0, 0.05) is 16.8 Å². The summed E-state index contributed by atoms with van der Waals surface area (Å²) in [6.45, 7) is 0. The number of aromatic amines is 1. The zero-order valence-electron chi connectivity index (χ0n) is 11.4. The molecule has 3 heterocycles. The minimum absolute atomic E-state index is 0.0277. The SMILES string of the molecule is O=C(Nc1nnn[nH]1)c1cnc2sc3c(n2c1=O)CCCC3. The topological polar surface area (TPSA) is 118 Å². The van der Waals surface area contributed by atoms with Crippen molar-refractivity contribution in [2.75, 3.05) is 5.32 Å². The number of amides is 1. The number of aryl methyl sites for hydroxylation is 2. The lowest BCUT2D eigenvalue weighted by Crippen LogP contribution is -2.27. The van der Waals surface area contributed by atoms with E-state index in [0.29, 0.717) is 4.96 Å². The summed E-state index contributed by atoms with van der Waals surface area (Å²) in [6, 6.07) is 0. The van der Waals surface area contributed by atoms with Gasteiger partial charge in [-0.3, -0.25) is 19.3 Å². The standard InChI is InChI=1S/C12H11N7O2S/c20-9(14-11-15-17-18-16-11)6-5-13-12-19(10(6)21)7-3-1-2-4-8(7)22-12/h5H,1-4H2,(H2,14,15,16,17,18,20). The van der Waals surface area contributed by atoms with Crippen LogP contribution < -0.4 is 10.9 Å². The number of carbonyl (C=O) groups excluding carboxylic acids is 1. The van der Waals surface area contributed by atoms with Crippen molar-refractivity contribution in [2.24, 2.45) is 0 Å². The highest BCUT2D eigenvalue weighted by Gasteiger charge is 2.21. The Morgan fingerprint density at radius 3 is 3.05 bits per heavy atom. The molecule has 0 aliphatic heterocycles. The van der Waals surface area contributed by atoms with Crippen molar-refractivity contribution in [3.8, 4) is 0 Å². The molecule has 1 aliphatic carbocycles. The third kappa shape index (κ3) is 1.99. The Hall–Kier alpha value is -2.62. The van der Waals surface area contributed by atoms with Gasteiger partial charge in [0.1, 0.15) is 5.56 Å². The molecule has 3 aromatic rings. The second-order valence-corrected chi connectivity index (χ2v) is 6.04. The first-order valence-electron chi connectivity index (χ1n) is 6.81. The van der Waals surface area contributed by atoms with Crippen molar-refractivity contribution in [3.05, 3.63) is 32.7 Å². The number of nitrogens with one attached hydrogen (secondary N) is 2. The number of thiazole rings is 1. The molecule has 3 aromatic heterocycles. The van der Waals surface area contributed by atoms with Gasteiger partial charge in [0.2, 0.25) is 5.95 Å². The van der Waals surface area contributed by atoms with Crippen LogP contribution in [0.4, 0.5) is 5.95 Å². The number of rotatable bonds is 2. The minimum Gasteiger partial charge on any atom is -0.289 e. The predicted molar refractivity (Wildman–Crippen MR) is 78.1 cm³/mol. The number of hydrogen-bond donors (Lipinski definition) is 2. The highest BCUT2D eigenvalue weighted by Crippen LogP contribution is 2.28. The van der Waals surface area contributed by atoms with Crippen LogP contribution in [0, 0.1) is 0 Å². The second kappa shape index (κ2) is 4.98. The molecule has 0 atom stereocenters. The predicted octanol–water partition coefficient (Wildman–Crippen LogP) is 0.400. The normalized spacial score (nSPS) is 14.0. The molecular weight excluding hydrogens is 306 g/mol. The van der Waals surface area contributed by atoms with Gasteiger partial charge in [-0.1, -0.05) is 5.10 Å². The number of H-pyrrole nitrogens is 1. The summed E-state index contributed by atoms with van der Waals surface area (Å²) in [5.41, 5.74) is 0.606. The monoisotopic (exact) mass is 317 g/mol. The summed E-state index contributed by atoms with van der Waals surface area (Å²) >= 11 is 1.52. The van der Waals surface area contributed by atoms with Gasteiger partial charge in [0.05, 0.1) is 0 Å². The van der Waals surface area contributed by atoms with Crippen LogP contribution >= 0.6 is 11.3 Å². The fraction of sp³-hybridized carbons (Fsp3) is 0.333. The summed E-state index contributed by atoms with van der Waals surface area (Å²) < 4.78 is 1.56. The Bertz CT molecular complexity index is 912. The maximum absolute atomic E-state index is 12.6. The second-order valence-electron chi connectivity index (χ2n) is 4.98. The molecule has 0 fully saturated rings. The van der Waals surface area contributed by atoms with E-state index >= 15 is 0 Å². The molecular formula is C12H11N7O2S. The summed E-state index contributed by atoms with van der Waals surface area (Å²) in [5, 5.41) is 15.1. The largest absolute Gasteiger partial charge is 0.289 e. The Labute approximate surface area is 127 Å².